The average molecular weight is 446 g/mol. The van der Waals surface area contributed by atoms with E-state index in [1.807, 2.05) is 0 Å². The van der Waals surface area contributed by atoms with Crippen LogP contribution >= 0.6 is 0 Å². The summed E-state index contributed by atoms with van der Waals surface area (Å²) in [5.74, 6) is 1.80. The molecule has 0 saturated carbocycles. The lowest BCUT2D eigenvalue weighted by Gasteiger charge is -2.08. The number of ether oxygens (including phenoxy) is 5. The van der Waals surface area contributed by atoms with Crippen LogP contribution in [0.15, 0.2) is 66.4 Å². The van der Waals surface area contributed by atoms with Gasteiger partial charge in [-0.15, -0.1) is 0 Å². The molecule has 0 unspecified atom stereocenters. The van der Waals surface area contributed by atoms with E-state index in [0.717, 1.165) is 5.56 Å². The van der Waals surface area contributed by atoms with Gasteiger partial charge in [0.05, 0.1) is 32.5 Å². The smallest absolute Gasteiger partial charge is 0.337 e. The third-order valence-electron chi connectivity index (χ3n) is 5.15. The van der Waals surface area contributed by atoms with Gasteiger partial charge >= 0.3 is 5.97 Å². The summed E-state index contributed by atoms with van der Waals surface area (Å²) in [7, 11) is 4.47. The summed E-state index contributed by atoms with van der Waals surface area (Å²) in [5, 5.41) is 0. The second kappa shape index (κ2) is 9.48. The Morgan fingerprint density at radius 2 is 1.67 bits per heavy atom. The van der Waals surface area contributed by atoms with Crippen molar-refractivity contribution in [2.24, 2.45) is 0 Å². The van der Waals surface area contributed by atoms with Crippen molar-refractivity contribution in [1.82, 2.24) is 0 Å². The number of esters is 1. The molecule has 1 aliphatic heterocycles. The van der Waals surface area contributed by atoms with Crippen LogP contribution in [-0.2, 0) is 11.3 Å². The maximum Gasteiger partial charge on any atom is 0.337 e. The molecular formula is C26H22O7. The molecule has 0 fully saturated rings. The van der Waals surface area contributed by atoms with Crippen LogP contribution in [0.3, 0.4) is 0 Å². The number of rotatable bonds is 7. The molecule has 7 nitrogen and oxygen atoms in total. The first kappa shape index (κ1) is 22.0. The van der Waals surface area contributed by atoms with Gasteiger partial charge in [-0.2, -0.15) is 0 Å². The zero-order chi connectivity index (χ0) is 23.4. The summed E-state index contributed by atoms with van der Waals surface area (Å²) in [4.78, 5) is 24.3. The van der Waals surface area contributed by atoms with E-state index in [2.05, 4.69) is 0 Å². The Kier molecular flexibility index (Phi) is 6.31. The molecule has 3 aromatic carbocycles. The number of hydrogen-bond donors (Lipinski definition) is 0. The van der Waals surface area contributed by atoms with Crippen LogP contribution in [0.4, 0.5) is 0 Å². The third kappa shape index (κ3) is 4.67. The molecule has 0 aromatic heterocycles. The van der Waals surface area contributed by atoms with Gasteiger partial charge in [-0.25, -0.2) is 4.79 Å². The molecule has 0 bridgehead atoms. The van der Waals surface area contributed by atoms with Crippen molar-refractivity contribution in [2.45, 2.75) is 6.61 Å². The fraction of sp³-hybridized carbons (Fsp3) is 0.154. The van der Waals surface area contributed by atoms with Gasteiger partial charge in [-0.3, -0.25) is 4.79 Å². The number of fused-ring (bicyclic) bond motifs is 1. The number of methoxy groups -OCH3 is 3. The van der Waals surface area contributed by atoms with Crippen LogP contribution < -0.4 is 18.9 Å². The number of Topliss-reactive ketones (excluding diaryl/α,β-unsaturated/α-hetero) is 1. The first-order valence-electron chi connectivity index (χ1n) is 10.1. The van der Waals surface area contributed by atoms with E-state index in [1.54, 1.807) is 81.0 Å². The van der Waals surface area contributed by atoms with Crippen LogP contribution in [0.25, 0.3) is 6.08 Å². The second-order valence-corrected chi connectivity index (χ2v) is 7.18. The highest BCUT2D eigenvalue weighted by atomic mass is 16.5. The summed E-state index contributed by atoms with van der Waals surface area (Å²) in [6.07, 6.45) is 1.64. The highest BCUT2D eigenvalue weighted by molar-refractivity contribution is 6.14. The fourth-order valence-corrected chi connectivity index (χ4v) is 3.36. The molecule has 0 atom stereocenters. The molecule has 0 aliphatic carbocycles. The van der Waals surface area contributed by atoms with Crippen LogP contribution in [0.5, 0.6) is 23.0 Å². The standard InChI is InChI=1S/C26H22O7/c1-29-19-9-8-18(22(13-19)30-2)12-24-25(27)21-11-10-20(14-23(21)33-24)32-15-16-4-6-17(7-5-16)26(28)31-3/h4-14H,15H2,1-3H3/b24-12-. The zero-order valence-corrected chi connectivity index (χ0v) is 18.4. The number of hydrogen-bond acceptors (Lipinski definition) is 7. The largest absolute Gasteiger partial charge is 0.497 e. The van der Waals surface area contributed by atoms with Gasteiger partial charge in [0.2, 0.25) is 5.78 Å². The van der Waals surface area contributed by atoms with E-state index in [0.29, 0.717) is 46.3 Å². The molecule has 1 aliphatic rings. The van der Waals surface area contributed by atoms with Gasteiger partial charge in [0, 0.05) is 17.7 Å². The van der Waals surface area contributed by atoms with Crippen molar-refractivity contribution in [3.8, 4) is 23.0 Å². The van der Waals surface area contributed by atoms with Gasteiger partial charge < -0.3 is 23.7 Å². The van der Waals surface area contributed by atoms with Crippen molar-refractivity contribution in [3.63, 3.8) is 0 Å². The maximum atomic E-state index is 12.8. The van der Waals surface area contributed by atoms with Gasteiger partial charge in [0.15, 0.2) is 5.76 Å². The Balaban J connectivity index is 1.48. The molecule has 33 heavy (non-hydrogen) atoms. The van der Waals surface area contributed by atoms with E-state index in [1.165, 1.54) is 7.11 Å². The number of ketones is 1. The lowest BCUT2D eigenvalue weighted by Crippen LogP contribution is -2.02. The zero-order valence-electron chi connectivity index (χ0n) is 18.4. The lowest BCUT2D eigenvalue weighted by molar-refractivity contribution is 0.0600. The molecule has 1 heterocycles. The molecular weight excluding hydrogens is 424 g/mol. The van der Waals surface area contributed by atoms with Crippen molar-refractivity contribution >= 4 is 17.8 Å². The maximum absolute atomic E-state index is 12.8. The number of benzene rings is 3. The topological polar surface area (TPSA) is 80.3 Å². The van der Waals surface area contributed by atoms with E-state index < -0.39 is 0 Å². The summed E-state index contributed by atoms with van der Waals surface area (Å²) < 4.78 is 27.0. The monoisotopic (exact) mass is 446 g/mol. The van der Waals surface area contributed by atoms with E-state index in [4.69, 9.17) is 23.7 Å². The fourth-order valence-electron chi connectivity index (χ4n) is 3.36. The summed E-state index contributed by atoms with van der Waals surface area (Å²) in [6, 6.07) is 17.4. The number of carbonyl (C=O) groups is 2. The van der Waals surface area contributed by atoms with Crippen LogP contribution in [-0.4, -0.2) is 33.1 Å². The van der Waals surface area contributed by atoms with E-state index in [-0.39, 0.29) is 17.5 Å². The molecule has 0 radical (unpaired) electrons. The normalized spacial score (nSPS) is 13.3. The van der Waals surface area contributed by atoms with E-state index in [9.17, 15) is 9.59 Å². The van der Waals surface area contributed by atoms with Crippen LogP contribution in [0.1, 0.15) is 31.8 Å². The molecule has 0 N–H and O–H groups in total. The van der Waals surface area contributed by atoms with Crippen LogP contribution in [0, 0.1) is 0 Å². The molecule has 0 spiro atoms. The van der Waals surface area contributed by atoms with Gasteiger partial charge in [-0.1, -0.05) is 12.1 Å². The Hall–Kier alpha value is -4.26. The molecule has 0 amide bonds. The van der Waals surface area contributed by atoms with Gasteiger partial charge in [0.1, 0.15) is 29.6 Å². The summed E-state index contributed by atoms with van der Waals surface area (Å²) in [5.41, 5.74) is 2.51. The lowest BCUT2D eigenvalue weighted by atomic mass is 10.1. The van der Waals surface area contributed by atoms with Gasteiger partial charge in [-0.05, 0) is 48.0 Å². The quantitative estimate of drug-likeness (QED) is 0.385. The second-order valence-electron chi connectivity index (χ2n) is 7.18. The minimum absolute atomic E-state index is 0.198. The third-order valence-corrected chi connectivity index (χ3v) is 5.15. The minimum Gasteiger partial charge on any atom is -0.497 e. The van der Waals surface area contributed by atoms with Crippen molar-refractivity contribution in [2.75, 3.05) is 21.3 Å². The predicted molar refractivity (Wildman–Crippen MR) is 121 cm³/mol. The first-order chi connectivity index (χ1) is 16.0. The summed E-state index contributed by atoms with van der Waals surface area (Å²) in [6.45, 7) is 0.292. The van der Waals surface area contributed by atoms with Crippen molar-refractivity contribution in [3.05, 3.63) is 88.7 Å². The highest BCUT2D eigenvalue weighted by Crippen LogP contribution is 2.36. The minimum atomic E-state index is -0.390. The summed E-state index contributed by atoms with van der Waals surface area (Å²) >= 11 is 0. The first-order valence-corrected chi connectivity index (χ1v) is 10.1. The average Bonchev–Trinajstić information content (AvgIpc) is 3.17. The Labute approximate surface area is 191 Å². The predicted octanol–water partition coefficient (Wildman–Crippen LogP) is 4.69. The molecule has 168 valence electrons. The van der Waals surface area contributed by atoms with Crippen molar-refractivity contribution < 1.29 is 33.3 Å². The molecule has 0 saturated heterocycles. The molecule has 3 aromatic rings. The molecule has 4 rings (SSSR count). The van der Waals surface area contributed by atoms with E-state index >= 15 is 0 Å². The number of carbonyl (C=O) groups excluding carboxylic acids is 2. The Bertz CT molecular complexity index is 1230. The number of allylic oxidation sites excluding steroid dienone is 1. The Morgan fingerprint density at radius 1 is 0.909 bits per heavy atom. The van der Waals surface area contributed by atoms with Crippen LogP contribution in [0.2, 0.25) is 0 Å². The SMILES string of the molecule is COC(=O)c1ccc(COc2ccc3c(c2)O/C(=C\c2ccc(OC)cc2OC)C3=O)cc1. The molecule has 7 heteroatoms. The Morgan fingerprint density at radius 3 is 2.36 bits per heavy atom. The highest BCUT2D eigenvalue weighted by Gasteiger charge is 2.28. The van der Waals surface area contributed by atoms with Crippen molar-refractivity contribution in [1.29, 1.82) is 0 Å². The van der Waals surface area contributed by atoms with Gasteiger partial charge in [0.25, 0.3) is 0 Å².